The molecule has 19 heavy (non-hydrogen) atoms. The Kier molecular flexibility index (Phi) is 3.33. The molecule has 2 saturated heterocycles. The van der Waals surface area contributed by atoms with Crippen molar-refractivity contribution in [1.29, 1.82) is 5.41 Å². The van der Waals surface area contributed by atoms with E-state index in [0.29, 0.717) is 11.7 Å². The smallest absolute Gasteiger partial charge is 0.158 e. The lowest BCUT2D eigenvalue weighted by atomic mass is 10.2. The summed E-state index contributed by atoms with van der Waals surface area (Å²) in [4.78, 5) is 13.3. The van der Waals surface area contributed by atoms with Gasteiger partial charge in [-0.25, -0.2) is 9.97 Å². The Balaban J connectivity index is 1.75. The molecule has 2 fully saturated rings. The highest BCUT2D eigenvalue weighted by molar-refractivity contribution is 5.97. The molecule has 0 bridgehead atoms. The molecule has 6 heteroatoms. The van der Waals surface area contributed by atoms with Crippen molar-refractivity contribution in [2.75, 3.05) is 31.1 Å². The third kappa shape index (κ3) is 2.40. The summed E-state index contributed by atoms with van der Waals surface area (Å²) in [6, 6.07) is 0.615. The van der Waals surface area contributed by atoms with Crippen LogP contribution in [0.5, 0.6) is 0 Å². The maximum atomic E-state index is 7.60. The fourth-order valence-corrected chi connectivity index (χ4v) is 3.09. The number of hydrogen-bond donors (Lipinski definition) is 2. The van der Waals surface area contributed by atoms with Gasteiger partial charge >= 0.3 is 0 Å². The number of hydrogen-bond acceptors (Lipinski definition) is 5. The standard InChI is InChI=1S/C13H20N6/c14-12(15)11-13(17-5-4-16-11)19-8-3-10(9-19)18-6-1-2-7-18/h4-5,10H,1-3,6-9H2,(H3,14,15). The second kappa shape index (κ2) is 5.13. The minimum absolute atomic E-state index is 0.00674. The number of aromatic nitrogens is 2. The maximum Gasteiger partial charge on any atom is 0.158 e. The van der Waals surface area contributed by atoms with Crippen molar-refractivity contribution >= 4 is 11.7 Å². The fraction of sp³-hybridized carbons (Fsp3) is 0.615. The average Bonchev–Trinajstić information content (AvgIpc) is 3.09. The molecule has 3 rings (SSSR count). The first kappa shape index (κ1) is 12.3. The van der Waals surface area contributed by atoms with Crippen molar-refractivity contribution in [2.45, 2.75) is 25.3 Å². The van der Waals surface area contributed by atoms with E-state index in [-0.39, 0.29) is 5.84 Å². The number of nitrogen functional groups attached to an aromatic ring is 1. The van der Waals surface area contributed by atoms with E-state index in [0.717, 1.165) is 25.3 Å². The van der Waals surface area contributed by atoms with E-state index >= 15 is 0 Å². The van der Waals surface area contributed by atoms with Gasteiger partial charge in [-0.05, 0) is 32.4 Å². The van der Waals surface area contributed by atoms with Gasteiger partial charge < -0.3 is 10.6 Å². The second-order valence-corrected chi connectivity index (χ2v) is 5.27. The van der Waals surface area contributed by atoms with Crippen LogP contribution in [-0.2, 0) is 0 Å². The summed E-state index contributed by atoms with van der Waals surface area (Å²) in [6.45, 7) is 4.39. The molecule has 0 saturated carbocycles. The Bertz CT molecular complexity index is 468. The Labute approximate surface area is 113 Å². The molecular formula is C13H20N6. The normalized spacial score (nSPS) is 24.0. The first-order chi connectivity index (χ1) is 9.25. The van der Waals surface area contributed by atoms with E-state index in [9.17, 15) is 0 Å². The molecule has 0 aliphatic carbocycles. The molecule has 0 aromatic carbocycles. The first-order valence-electron chi connectivity index (χ1n) is 6.90. The number of amidine groups is 1. The van der Waals surface area contributed by atoms with E-state index in [4.69, 9.17) is 11.1 Å². The van der Waals surface area contributed by atoms with Crippen LogP contribution in [0.4, 0.5) is 5.82 Å². The van der Waals surface area contributed by atoms with Gasteiger partial charge in [0, 0.05) is 31.5 Å². The lowest BCUT2D eigenvalue weighted by molar-refractivity contribution is 0.260. The van der Waals surface area contributed by atoms with Crippen LogP contribution in [0.25, 0.3) is 0 Å². The van der Waals surface area contributed by atoms with E-state index in [1.807, 2.05) is 0 Å². The number of nitrogens with two attached hydrogens (primary N) is 1. The summed E-state index contributed by atoms with van der Waals surface area (Å²) in [5.74, 6) is 0.754. The lowest BCUT2D eigenvalue weighted by Gasteiger charge is -2.24. The molecule has 0 radical (unpaired) electrons. The zero-order valence-electron chi connectivity index (χ0n) is 11.0. The predicted octanol–water partition coefficient (Wildman–Crippen LogP) is 0.435. The molecule has 1 aromatic heterocycles. The van der Waals surface area contributed by atoms with E-state index in [1.165, 1.54) is 25.9 Å². The van der Waals surface area contributed by atoms with Crippen molar-refractivity contribution in [2.24, 2.45) is 5.73 Å². The van der Waals surface area contributed by atoms with Gasteiger partial charge in [0.25, 0.3) is 0 Å². The molecule has 1 aromatic rings. The number of rotatable bonds is 3. The summed E-state index contributed by atoms with van der Waals surface area (Å²) in [5, 5.41) is 7.60. The van der Waals surface area contributed by atoms with Gasteiger partial charge in [-0.2, -0.15) is 0 Å². The number of anilines is 1. The first-order valence-corrected chi connectivity index (χ1v) is 6.90. The third-order valence-corrected chi connectivity index (χ3v) is 4.05. The Morgan fingerprint density at radius 2 is 1.95 bits per heavy atom. The van der Waals surface area contributed by atoms with Gasteiger partial charge in [0.1, 0.15) is 11.5 Å². The third-order valence-electron chi connectivity index (χ3n) is 4.05. The summed E-state index contributed by atoms with van der Waals surface area (Å²) >= 11 is 0. The lowest BCUT2D eigenvalue weighted by Crippen LogP contribution is -2.36. The van der Waals surface area contributed by atoms with Crippen LogP contribution < -0.4 is 10.6 Å². The zero-order chi connectivity index (χ0) is 13.2. The van der Waals surface area contributed by atoms with Gasteiger partial charge in [0.2, 0.25) is 0 Å². The molecule has 0 amide bonds. The summed E-state index contributed by atoms with van der Waals surface area (Å²) in [5.41, 5.74) is 6.09. The molecule has 3 heterocycles. The van der Waals surface area contributed by atoms with Crippen LogP contribution >= 0.6 is 0 Å². The highest BCUT2D eigenvalue weighted by atomic mass is 15.3. The quantitative estimate of drug-likeness (QED) is 0.608. The number of nitrogens with zero attached hydrogens (tertiary/aromatic N) is 4. The summed E-state index contributed by atoms with van der Waals surface area (Å²) in [7, 11) is 0. The van der Waals surface area contributed by atoms with Gasteiger partial charge in [-0.15, -0.1) is 0 Å². The van der Waals surface area contributed by atoms with E-state index in [1.54, 1.807) is 12.4 Å². The molecule has 102 valence electrons. The minimum Gasteiger partial charge on any atom is -0.382 e. The number of nitrogens with one attached hydrogen (secondary N) is 1. The van der Waals surface area contributed by atoms with Gasteiger partial charge in [-0.1, -0.05) is 0 Å². The Morgan fingerprint density at radius 3 is 2.68 bits per heavy atom. The van der Waals surface area contributed by atoms with Gasteiger partial charge in [0.05, 0.1) is 0 Å². The predicted molar refractivity (Wildman–Crippen MR) is 74.5 cm³/mol. The van der Waals surface area contributed by atoms with Crippen molar-refractivity contribution in [1.82, 2.24) is 14.9 Å². The fourth-order valence-electron chi connectivity index (χ4n) is 3.09. The molecule has 6 nitrogen and oxygen atoms in total. The monoisotopic (exact) mass is 260 g/mol. The molecular weight excluding hydrogens is 240 g/mol. The van der Waals surface area contributed by atoms with Crippen molar-refractivity contribution in [3.8, 4) is 0 Å². The topological polar surface area (TPSA) is 82.1 Å². The van der Waals surface area contributed by atoms with Crippen molar-refractivity contribution < 1.29 is 0 Å². The SMILES string of the molecule is N=C(N)c1nccnc1N1CCC(N2CCCC2)C1. The van der Waals surface area contributed by atoms with Crippen molar-refractivity contribution in [3.63, 3.8) is 0 Å². The molecule has 1 atom stereocenters. The van der Waals surface area contributed by atoms with Crippen LogP contribution in [0, 0.1) is 5.41 Å². The van der Waals surface area contributed by atoms with Crippen LogP contribution in [0.15, 0.2) is 12.4 Å². The number of likely N-dealkylation sites (tertiary alicyclic amines) is 1. The minimum atomic E-state index is -0.00674. The average molecular weight is 260 g/mol. The maximum absolute atomic E-state index is 7.60. The highest BCUT2D eigenvalue weighted by Gasteiger charge is 2.31. The van der Waals surface area contributed by atoms with Crippen molar-refractivity contribution in [3.05, 3.63) is 18.1 Å². The van der Waals surface area contributed by atoms with E-state index < -0.39 is 0 Å². The molecule has 2 aliphatic heterocycles. The summed E-state index contributed by atoms with van der Waals surface area (Å²) < 4.78 is 0. The molecule has 0 spiro atoms. The van der Waals surface area contributed by atoms with Gasteiger partial charge in [-0.3, -0.25) is 10.3 Å². The molecule has 1 unspecified atom stereocenters. The molecule has 3 N–H and O–H groups in total. The van der Waals surface area contributed by atoms with Crippen LogP contribution in [0.1, 0.15) is 25.0 Å². The Morgan fingerprint density at radius 1 is 1.21 bits per heavy atom. The van der Waals surface area contributed by atoms with Gasteiger partial charge in [0.15, 0.2) is 5.82 Å². The zero-order valence-corrected chi connectivity index (χ0v) is 11.0. The van der Waals surface area contributed by atoms with E-state index in [2.05, 4.69) is 19.8 Å². The molecule has 2 aliphatic rings. The largest absolute Gasteiger partial charge is 0.382 e. The van der Waals surface area contributed by atoms with Crippen LogP contribution in [-0.4, -0.2) is 52.9 Å². The summed E-state index contributed by atoms with van der Waals surface area (Å²) in [6.07, 6.45) is 7.06. The van der Waals surface area contributed by atoms with Crippen LogP contribution in [0.2, 0.25) is 0 Å². The van der Waals surface area contributed by atoms with Crippen LogP contribution in [0.3, 0.4) is 0 Å². The highest BCUT2D eigenvalue weighted by Crippen LogP contribution is 2.25. The second-order valence-electron chi connectivity index (χ2n) is 5.27. The Hall–Kier alpha value is -1.69.